The molecule has 1 aromatic heterocycles. The number of pyridine rings is 1. The van der Waals surface area contributed by atoms with Gasteiger partial charge in [0, 0.05) is 12.1 Å². The van der Waals surface area contributed by atoms with Gasteiger partial charge in [-0.15, -0.1) is 5.11 Å². The highest BCUT2D eigenvalue weighted by Gasteiger charge is 2.19. The third-order valence-corrected chi connectivity index (χ3v) is 4.36. The quantitative estimate of drug-likeness (QED) is 0.588. The number of unbranched alkanes of at least 4 members (excludes halogenated alkanes) is 2. The first kappa shape index (κ1) is 19.4. The third-order valence-electron chi connectivity index (χ3n) is 4.36. The number of aromatic nitrogens is 1. The monoisotopic (exact) mass is 352 g/mol. The summed E-state index contributed by atoms with van der Waals surface area (Å²) in [6.07, 6.45) is 2.67. The molecule has 2 rings (SSSR count). The Hall–Kier alpha value is -2.94. The number of azo groups is 1. The molecular weight excluding hydrogens is 328 g/mol. The summed E-state index contributed by atoms with van der Waals surface area (Å²) in [7, 11) is 0. The van der Waals surface area contributed by atoms with Crippen molar-refractivity contribution in [2.24, 2.45) is 10.2 Å². The first-order chi connectivity index (χ1) is 12.4. The van der Waals surface area contributed by atoms with E-state index in [-0.39, 0.29) is 17.1 Å². The first-order valence-electron chi connectivity index (χ1n) is 8.76. The van der Waals surface area contributed by atoms with Gasteiger partial charge in [-0.05, 0) is 38.8 Å². The summed E-state index contributed by atoms with van der Waals surface area (Å²) in [5.74, 6) is -0.295. The molecule has 0 amide bonds. The lowest BCUT2D eigenvalue weighted by atomic mass is 10.1. The number of aromatic hydroxyl groups is 1. The number of benzene rings is 1. The van der Waals surface area contributed by atoms with Crippen molar-refractivity contribution in [1.82, 2.24) is 4.57 Å². The van der Waals surface area contributed by atoms with Gasteiger partial charge in [-0.1, -0.05) is 37.5 Å². The summed E-state index contributed by atoms with van der Waals surface area (Å²) in [5, 5.41) is 28.0. The Bertz CT molecular complexity index is 936. The van der Waals surface area contributed by atoms with Crippen molar-refractivity contribution in [3.8, 4) is 11.9 Å². The van der Waals surface area contributed by atoms with Crippen LogP contribution in [0.5, 0.6) is 5.88 Å². The Morgan fingerprint density at radius 1 is 1.19 bits per heavy atom. The van der Waals surface area contributed by atoms with Crippen molar-refractivity contribution < 1.29 is 5.11 Å². The normalized spacial score (nSPS) is 11.0. The van der Waals surface area contributed by atoms with Crippen LogP contribution in [0.2, 0.25) is 0 Å². The van der Waals surface area contributed by atoms with Crippen LogP contribution < -0.4 is 5.56 Å². The molecule has 26 heavy (non-hydrogen) atoms. The summed E-state index contributed by atoms with van der Waals surface area (Å²) < 4.78 is 1.22. The molecule has 136 valence electrons. The maximum atomic E-state index is 12.8. The molecule has 0 fully saturated rings. The Morgan fingerprint density at radius 2 is 1.92 bits per heavy atom. The molecule has 2 aromatic rings. The molecule has 0 bridgehead atoms. The van der Waals surface area contributed by atoms with E-state index in [0.29, 0.717) is 17.8 Å². The van der Waals surface area contributed by atoms with Crippen LogP contribution in [-0.2, 0) is 6.54 Å². The lowest BCUT2D eigenvalue weighted by Crippen LogP contribution is -2.22. The van der Waals surface area contributed by atoms with Crippen LogP contribution >= 0.6 is 0 Å². The van der Waals surface area contributed by atoms with E-state index in [1.54, 1.807) is 6.92 Å². The average Bonchev–Trinajstić information content (AvgIpc) is 2.60. The van der Waals surface area contributed by atoms with Gasteiger partial charge in [0.1, 0.15) is 11.6 Å². The van der Waals surface area contributed by atoms with E-state index in [9.17, 15) is 15.2 Å². The molecule has 0 aliphatic heterocycles. The van der Waals surface area contributed by atoms with Crippen LogP contribution in [0.4, 0.5) is 11.4 Å². The highest BCUT2D eigenvalue weighted by molar-refractivity contribution is 5.57. The van der Waals surface area contributed by atoms with Crippen LogP contribution in [0.3, 0.4) is 0 Å². The Kier molecular flexibility index (Phi) is 6.29. The lowest BCUT2D eigenvalue weighted by molar-refractivity contribution is 0.398. The van der Waals surface area contributed by atoms with Crippen molar-refractivity contribution in [2.75, 3.05) is 0 Å². The first-order valence-corrected chi connectivity index (χ1v) is 8.76. The summed E-state index contributed by atoms with van der Waals surface area (Å²) in [6.45, 7) is 7.93. The molecule has 6 heteroatoms. The molecular formula is C20H24N4O2. The molecule has 0 saturated heterocycles. The van der Waals surface area contributed by atoms with Crippen LogP contribution in [0, 0.1) is 32.1 Å². The van der Waals surface area contributed by atoms with Gasteiger partial charge in [0.15, 0.2) is 5.69 Å². The number of rotatable bonds is 6. The minimum absolute atomic E-state index is 0.0654. The van der Waals surface area contributed by atoms with Gasteiger partial charge < -0.3 is 5.11 Å². The molecule has 0 unspecified atom stereocenters. The molecule has 1 aromatic carbocycles. The van der Waals surface area contributed by atoms with Gasteiger partial charge in [0.05, 0.1) is 5.69 Å². The van der Waals surface area contributed by atoms with Gasteiger partial charge in [-0.25, -0.2) is 0 Å². The number of nitriles is 1. The van der Waals surface area contributed by atoms with Crippen molar-refractivity contribution >= 4 is 11.4 Å². The van der Waals surface area contributed by atoms with Gasteiger partial charge in [0.2, 0.25) is 5.88 Å². The van der Waals surface area contributed by atoms with Gasteiger partial charge in [0.25, 0.3) is 5.56 Å². The molecule has 1 heterocycles. The molecule has 6 nitrogen and oxygen atoms in total. The Labute approximate surface area is 153 Å². The maximum absolute atomic E-state index is 12.8. The maximum Gasteiger partial charge on any atom is 0.281 e. The predicted octanol–water partition coefficient (Wildman–Crippen LogP) is 4.96. The zero-order valence-corrected chi connectivity index (χ0v) is 15.7. The second-order valence-corrected chi connectivity index (χ2v) is 6.44. The third kappa shape index (κ3) is 3.99. The molecule has 0 aliphatic carbocycles. The molecule has 0 saturated carbocycles. The van der Waals surface area contributed by atoms with Crippen LogP contribution in [-0.4, -0.2) is 9.67 Å². The number of aryl methyl sites for hydroxylation is 2. The minimum Gasteiger partial charge on any atom is -0.493 e. The van der Waals surface area contributed by atoms with Gasteiger partial charge in [-0.2, -0.15) is 10.4 Å². The highest BCUT2D eigenvalue weighted by atomic mass is 16.3. The topological polar surface area (TPSA) is 90.7 Å². The van der Waals surface area contributed by atoms with E-state index in [1.807, 2.05) is 38.1 Å². The van der Waals surface area contributed by atoms with Gasteiger partial charge >= 0.3 is 0 Å². The largest absolute Gasteiger partial charge is 0.493 e. The second kappa shape index (κ2) is 8.43. The summed E-state index contributed by atoms with van der Waals surface area (Å²) >= 11 is 0. The molecule has 0 spiro atoms. The predicted molar refractivity (Wildman–Crippen MR) is 101 cm³/mol. The lowest BCUT2D eigenvalue weighted by Gasteiger charge is -2.12. The second-order valence-electron chi connectivity index (χ2n) is 6.44. The van der Waals surface area contributed by atoms with E-state index < -0.39 is 5.56 Å². The van der Waals surface area contributed by atoms with Crippen molar-refractivity contribution in [3.05, 3.63) is 50.8 Å². The number of nitrogens with zero attached hydrogens (tertiary/aromatic N) is 4. The molecule has 0 atom stereocenters. The molecule has 0 aliphatic rings. The number of hydrogen-bond donors (Lipinski definition) is 1. The van der Waals surface area contributed by atoms with E-state index in [1.165, 1.54) is 4.57 Å². The van der Waals surface area contributed by atoms with Crippen molar-refractivity contribution in [3.63, 3.8) is 0 Å². The summed E-state index contributed by atoms with van der Waals surface area (Å²) in [4.78, 5) is 12.8. The zero-order chi connectivity index (χ0) is 19.3. The van der Waals surface area contributed by atoms with E-state index >= 15 is 0 Å². The fourth-order valence-electron chi connectivity index (χ4n) is 2.81. The summed E-state index contributed by atoms with van der Waals surface area (Å²) in [6, 6.07) is 7.72. The average molecular weight is 352 g/mol. The van der Waals surface area contributed by atoms with Crippen LogP contribution in [0.15, 0.2) is 33.2 Å². The van der Waals surface area contributed by atoms with Crippen molar-refractivity contribution in [1.29, 1.82) is 5.26 Å². The molecule has 1 N–H and O–H groups in total. The van der Waals surface area contributed by atoms with E-state index in [2.05, 4.69) is 17.2 Å². The smallest absolute Gasteiger partial charge is 0.281 e. The SMILES string of the molecule is CCCCCn1c(O)c(C#N)c(C)c(N=Nc2ccc(C)cc2C)c1=O. The number of hydrogen-bond acceptors (Lipinski definition) is 5. The van der Waals surface area contributed by atoms with Gasteiger partial charge in [-0.3, -0.25) is 9.36 Å². The Balaban J connectivity index is 2.53. The van der Waals surface area contributed by atoms with Crippen LogP contribution in [0.25, 0.3) is 0 Å². The molecule has 0 radical (unpaired) electrons. The Morgan fingerprint density at radius 3 is 2.54 bits per heavy atom. The van der Waals surface area contributed by atoms with Crippen molar-refractivity contribution in [2.45, 2.75) is 53.5 Å². The van der Waals surface area contributed by atoms with E-state index in [0.717, 1.165) is 30.4 Å². The summed E-state index contributed by atoms with van der Waals surface area (Å²) in [5.41, 5.74) is 2.81. The zero-order valence-electron chi connectivity index (χ0n) is 15.7. The fourth-order valence-corrected chi connectivity index (χ4v) is 2.81. The fraction of sp³-hybridized carbons (Fsp3) is 0.400. The van der Waals surface area contributed by atoms with E-state index in [4.69, 9.17) is 0 Å². The standard InChI is InChI=1S/C20H24N4O2/c1-5-6-7-10-24-19(25)16(12-21)15(4)18(20(24)26)23-22-17-9-8-13(2)11-14(17)3/h8-9,11,25H,5-7,10H2,1-4H3. The minimum atomic E-state index is -0.427. The van der Waals surface area contributed by atoms with Crippen LogP contribution in [0.1, 0.15) is 48.4 Å². The highest BCUT2D eigenvalue weighted by Crippen LogP contribution is 2.28.